The molecule has 4 amide bonds. The Bertz CT molecular complexity index is 891. The zero-order chi connectivity index (χ0) is 21.4. The molecule has 2 fully saturated rings. The molecule has 1 saturated carbocycles. The van der Waals surface area contributed by atoms with Crippen LogP contribution < -0.4 is 10.6 Å². The van der Waals surface area contributed by atoms with Crippen molar-refractivity contribution in [2.24, 2.45) is 11.3 Å². The number of anilines is 1. The lowest BCUT2D eigenvalue weighted by Crippen LogP contribution is -2.54. The van der Waals surface area contributed by atoms with Gasteiger partial charge in [0, 0.05) is 0 Å². The molecular weight excluding hydrogens is 410 g/mol. The van der Waals surface area contributed by atoms with Crippen molar-refractivity contribution in [3.05, 3.63) is 5.69 Å². The lowest BCUT2D eigenvalue weighted by atomic mass is 9.64. The third kappa shape index (κ3) is 4.56. The van der Waals surface area contributed by atoms with Gasteiger partial charge in [-0.25, -0.2) is 9.78 Å². The van der Waals surface area contributed by atoms with Gasteiger partial charge in [-0.1, -0.05) is 43.9 Å². The number of nitriles is 1. The highest BCUT2D eigenvalue weighted by molar-refractivity contribution is 8.01. The fourth-order valence-electron chi connectivity index (χ4n) is 4.62. The number of imide groups is 1. The molecule has 1 aromatic heterocycles. The molecular formula is C19H25N5O3S2. The van der Waals surface area contributed by atoms with Crippen molar-refractivity contribution in [3.8, 4) is 6.07 Å². The van der Waals surface area contributed by atoms with Gasteiger partial charge in [-0.2, -0.15) is 5.26 Å². The van der Waals surface area contributed by atoms with Crippen LogP contribution in [0, 0.1) is 29.6 Å². The van der Waals surface area contributed by atoms with Gasteiger partial charge in [-0.3, -0.25) is 14.5 Å². The predicted octanol–water partition coefficient (Wildman–Crippen LogP) is 3.14. The number of aryl methyl sites for hydroxylation is 1. The van der Waals surface area contributed by atoms with Crippen LogP contribution in [0.1, 0.15) is 45.7 Å². The molecule has 1 saturated heterocycles. The minimum Gasteiger partial charge on any atom is -0.323 e. The van der Waals surface area contributed by atoms with E-state index in [0.717, 1.165) is 21.2 Å². The fraction of sp³-hybridized carbons (Fsp3) is 0.632. The summed E-state index contributed by atoms with van der Waals surface area (Å²) in [6.45, 7) is 7.75. The van der Waals surface area contributed by atoms with E-state index in [-0.39, 0.29) is 17.9 Å². The summed E-state index contributed by atoms with van der Waals surface area (Å²) >= 11 is 2.63. The second-order valence-electron chi connectivity index (χ2n) is 8.64. The number of aromatic nitrogens is 1. The molecule has 0 aromatic carbocycles. The molecule has 2 atom stereocenters. The Labute approximate surface area is 178 Å². The summed E-state index contributed by atoms with van der Waals surface area (Å²) in [6, 6.07) is 1.54. The highest BCUT2D eigenvalue weighted by Crippen LogP contribution is 2.46. The lowest BCUT2D eigenvalue weighted by molar-refractivity contribution is -0.136. The molecule has 29 heavy (non-hydrogen) atoms. The van der Waals surface area contributed by atoms with Crippen molar-refractivity contribution in [1.82, 2.24) is 15.2 Å². The first-order valence-corrected chi connectivity index (χ1v) is 11.3. The molecule has 8 nitrogen and oxygen atoms in total. The number of hydrogen-bond donors (Lipinski definition) is 2. The fourth-order valence-corrected chi connectivity index (χ4v) is 6.44. The van der Waals surface area contributed by atoms with E-state index >= 15 is 0 Å². The molecule has 156 valence electrons. The Morgan fingerprint density at radius 3 is 2.83 bits per heavy atom. The first kappa shape index (κ1) is 21.6. The van der Waals surface area contributed by atoms with Crippen LogP contribution >= 0.6 is 23.1 Å². The zero-order valence-electron chi connectivity index (χ0n) is 17.0. The number of thiazole rings is 1. The highest BCUT2D eigenvalue weighted by atomic mass is 32.2. The first-order chi connectivity index (χ1) is 13.5. The van der Waals surface area contributed by atoms with Gasteiger partial charge in [0.15, 0.2) is 5.13 Å². The lowest BCUT2D eigenvalue weighted by Gasteiger charge is -2.43. The van der Waals surface area contributed by atoms with Gasteiger partial charge in [0.05, 0.1) is 21.7 Å². The van der Waals surface area contributed by atoms with Crippen LogP contribution in [0.2, 0.25) is 0 Å². The van der Waals surface area contributed by atoms with E-state index in [1.165, 1.54) is 23.1 Å². The smallest absolute Gasteiger partial charge is 0.323 e. The predicted molar refractivity (Wildman–Crippen MR) is 112 cm³/mol. The minimum atomic E-state index is -0.919. The Hall–Kier alpha value is -2.12. The summed E-state index contributed by atoms with van der Waals surface area (Å²) in [6.07, 6.45) is 2.15. The summed E-state index contributed by atoms with van der Waals surface area (Å²) < 4.78 is 0.856. The van der Waals surface area contributed by atoms with Crippen LogP contribution in [0.5, 0.6) is 0 Å². The average molecular weight is 436 g/mol. The number of urea groups is 1. The molecule has 1 aliphatic heterocycles. The standard InChI is InChI=1S/C19H25N5O3S2/c1-11-7-18(3,4)10-19(8-11)15(26)24(17(27)23-19)9-13(25)22-16-21-12(2)14(29-16)28-6-5-20/h11H,6-10H2,1-4H3,(H,23,27)(H,21,22,25). The molecule has 1 aliphatic carbocycles. The van der Waals surface area contributed by atoms with Gasteiger partial charge in [0.25, 0.3) is 5.91 Å². The van der Waals surface area contributed by atoms with Gasteiger partial charge >= 0.3 is 6.03 Å². The zero-order valence-corrected chi connectivity index (χ0v) is 18.6. The third-order valence-corrected chi connectivity index (χ3v) is 7.50. The van der Waals surface area contributed by atoms with E-state index in [1.807, 2.05) is 0 Å². The quantitative estimate of drug-likeness (QED) is 0.542. The normalized spacial score (nSPS) is 25.8. The molecule has 2 N–H and O–H groups in total. The molecule has 3 rings (SSSR count). The Morgan fingerprint density at radius 1 is 1.45 bits per heavy atom. The molecule has 0 radical (unpaired) electrons. The SMILES string of the molecule is Cc1nc(NC(=O)CN2C(=O)NC3(CC(C)CC(C)(C)C3)C2=O)sc1SCC#N. The summed E-state index contributed by atoms with van der Waals surface area (Å²) in [5.74, 6) is -0.188. The number of nitrogens with zero attached hydrogens (tertiary/aromatic N) is 3. The average Bonchev–Trinajstić information content (AvgIpc) is 3.03. The van der Waals surface area contributed by atoms with Gasteiger partial charge in [-0.15, -0.1) is 0 Å². The Morgan fingerprint density at radius 2 is 2.17 bits per heavy atom. The number of amides is 4. The maximum absolute atomic E-state index is 13.1. The van der Waals surface area contributed by atoms with E-state index in [1.54, 1.807) is 6.92 Å². The van der Waals surface area contributed by atoms with Crippen molar-refractivity contribution < 1.29 is 14.4 Å². The largest absolute Gasteiger partial charge is 0.325 e. The van der Waals surface area contributed by atoms with E-state index in [0.29, 0.717) is 29.6 Å². The Balaban J connectivity index is 1.67. The van der Waals surface area contributed by atoms with E-state index in [2.05, 4.69) is 42.5 Å². The van der Waals surface area contributed by atoms with Crippen molar-refractivity contribution in [3.63, 3.8) is 0 Å². The second-order valence-corrected chi connectivity index (χ2v) is 10.9. The number of carbonyl (C=O) groups excluding carboxylic acids is 3. The first-order valence-electron chi connectivity index (χ1n) is 9.46. The third-order valence-electron chi connectivity index (χ3n) is 5.19. The van der Waals surface area contributed by atoms with Gasteiger partial charge in [0.2, 0.25) is 5.91 Å². The van der Waals surface area contributed by atoms with E-state index in [4.69, 9.17) is 5.26 Å². The Kier molecular flexibility index (Phi) is 5.92. The highest BCUT2D eigenvalue weighted by Gasteiger charge is 2.56. The van der Waals surface area contributed by atoms with Crippen LogP contribution in [-0.2, 0) is 9.59 Å². The van der Waals surface area contributed by atoms with Crippen molar-refractivity contribution in [2.75, 3.05) is 17.6 Å². The van der Waals surface area contributed by atoms with Crippen LogP contribution in [0.25, 0.3) is 0 Å². The minimum absolute atomic E-state index is 0.0607. The molecule has 1 spiro atoms. The maximum atomic E-state index is 13.1. The molecule has 0 bridgehead atoms. The van der Waals surface area contributed by atoms with Crippen LogP contribution in [0.15, 0.2) is 4.21 Å². The monoisotopic (exact) mass is 435 g/mol. The van der Waals surface area contributed by atoms with Gasteiger partial charge in [0.1, 0.15) is 12.1 Å². The molecule has 2 aliphatic rings. The summed E-state index contributed by atoms with van der Waals surface area (Å²) in [7, 11) is 0. The van der Waals surface area contributed by atoms with Crippen molar-refractivity contribution >= 4 is 46.1 Å². The van der Waals surface area contributed by atoms with Crippen molar-refractivity contribution in [2.45, 2.75) is 56.7 Å². The molecule has 1 aromatic rings. The van der Waals surface area contributed by atoms with E-state index < -0.39 is 17.5 Å². The summed E-state index contributed by atoms with van der Waals surface area (Å²) in [5.41, 5.74) is -0.246. The van der Waals surface area contributed by atoms with E-state index in [9.17, 15) is 14.4 Å². The number of nitrogens with one attached hydrogen (secondary N) is 2. The van der Waals surface area contributed by atoms with Crippen LogP contribution in [0.3, 0.4) is 0 Å². The number of rotatable bonds is 5. The molecule has 2 heterocycles. The van der Waals surface area contributed by atoms with Crippen LogP contribution in [0.4, 0.5) is 9.93 Å². The molecule has 2 unspecified atom stereocenters. The number of carbonyl (C=O) groups is 3. The summed E-state index contributed by atoms with van der Waals surface area (Å²) in [5, 5.41) is 14.6. The van der Waals surface area contributed by atoms with Gasteiger partial charge in [-0.05, 0) is 37.5 Å². The van der Waals surface area contributed by atoms with Crippen LogP contribution in [-0.4, -0.2) is 45.6 Å². The van der Waals surface area contributed by atoms with Gasteiger partial charge < -0.3 is 10.6 Å². The maximum Gasteiger partial charge on any atom is 0.325 e. The topological polar surface area (TPSA) is 115 Å². The molecule has 10 heteroatoms. The number of thioether (sulfide) groups is 1. The van der Waals surface area contributed by atoms with Crippen molar-refractivity contribution in [1.29, 1.82) is 5.26 Å². The summed E-state index contributed by atoms with van der Waals surface area (Å²) in [4.78, 5) is 43.4. The number of hydrogen-bond acceptors (Lipinski definition) is 7. The second kappa shape index (κ2) is 7.95.